The Balaban J connectivity index is 1.98. The minimum atomic E-state index is 0.426. The smallest absolute Gasteiger partial charge is 0.186 e. The fourth-order valence-corrected chi connectivity index (χ4v) is 3.47. The molecule has 112 valence electrons. The van der Waals surface area contributed by atoms with Crippen molar-refractivity contribution in [3.63, 3.8) is 0 Å². The molecule has 0 bridgehead atoms. The van der Waals surface area contributed by atoms with E-state index in [-0.39, 0.29) is 0 Å². The molecule has 1 aromatic rings. The van der Waals surface area contributed by atoms with Gasteiger partial charge in [-0.1, -0.05) is 24.3 Å². The van der Waals surface area contributed by atoms with Crippen molar-refractivity contribution in [1.82, 2.24) is 10.3 Å². The van der Waals surface area contributed by atoms with Gasteiger partial charge in [-0.2, -0.15) is 0 Å². The second-order valence-electron chi connectivity index (χ2n) is 5.60. The van der Waals surface area contributed by atoms with Gasteiger partial charge in [-0.25, -0.2) is 4.98 Å². The molecule has 1 aliphatic rings. The lowest BCUT2D eigenvalue weighted by Crippen LogP contribution is -2.29. The fraction of sp³-hybridized carbons (Fsp3) is 0.688. The summed E-state index contributed by atoms with van der Waals surface area (Å²) in [5.74, 6) is 0. The van der Waals surface area contributed by atoms with E-state index in [1.807, 2.05) is 11.3 Å². The number of hydrogen-bond acceptors (Lipinski definition) is 4. The molecular weight excluding hydrogens is 266 g/mol. The summed E-state index contributed by atoms with van der Waals surface area (Å²) < 4.78 is 0. The lowest BCUT2D eigenvalue weighted by Gasteiger charge is -2.25. The summed E-state index contributed by atoms with van der Waals surface area (Å²) in [5.41, 5.74) is 1.16. The number of nitrogens with zero attached hydrogens (tertiary/aromatic N) is 2. The monoisotopic (exact) mass is 293 g/mol. The van der Waals surface area contributed by atoms with Crippen LogP contribution in [-0.2, 0) is 0 Å². The van der Waals surface area contributed by atoms with Crippen LogP contribution in [0.25, 0.3) is 6.08 Å². The topological polar surface area (TPSA) is 28.2 Å². The van der Waals surface area contributed by atoms with Gasteiger partial charge in [0.1, 0.15) is 0 Å². The number of hydrogen-bond donors (Lipinski definition) is 1. The fourth-order valence-electron chi connectivity index (χ4n) is 2.44. The molecule has 4 heteroatoms. The van der Waals surface area contributed by atoms with Crippen LogP contribution in [-0.4, -0.2) is 30.7 Å². The summed E-state index contributed by atoms with van der Waals surface area (Å²) in [5, 5.41) is 4.68. The van der Waals surface area contributed by atoms with Crippen LogP contribution in [0.5, 0.6) is 0 Å². The third-order valence-electron chi connectivity index (χ3n) is 3.70. The Bertz CT molecular complexity index is 433. The number of nitrogens with one attached hydrogen (secondary N) is 1. The molecule has 1 aliphatic heterocycles. The molecule has 0 spiro atoms. The van der Waals surface area contributed by atoms with Gasteiger partial charge < -0.3 is 10.2 Å². The van der Waals surface area contributed by atoms with Gasteiger partial charge in [0.25, 0.3) is 0 Å². The number of piperidine rings is 1. The van der Waals surface area contributed by atoms with E-state index in [1.165, 1.54) is 48.8 Å². The summed E-state index contributed by atoms with van der Waals surface area (Å²) in [6.07, 6.45) is 9.64. The van der Waals surface area contributed by atoms with Crippen LogP contribution in [0.3, 0.4) is 0 Å². The van der Waals surface area contributed by atoms with Crippen LogP contribution in [0, 0.1) is 6.92 Å². The van der Waals surface area contributed by atoms with Gasteiger partial charge >= 0.3 is 0 Å². The molecule has 2 heterocycles. The maximum atomic E-state index is 4.75. The Morgan fingerprint density at radius 1 is 1.35 bits per heavy atom. The van der Waals surface area contributed by atoms with E-state index in [0.717, 1.165) is 12.2 Å². The summed E-state index contributed by atoms with van der Waals surface area (Å²) in [6, 6.07) is 0.426. The molecule has 1 aromatic heterocycles. The molecule has 2 rings (SSSR count). The van der Waals surface area contributed by atoms with Crippen molar-refractivity contribution in [2.24, 2.45) is 0 Å². The van der Waals surface area contributed by atoms with E-state index in [4.69, 9.17) is 4.98 Å². The number of rotatable bonds is 6. The first-order valence-corrected chi connectivity index (χ1v) is 8.66. The predicted molar refractivity (Wildman–Crippen MR) is 89.7 cm³/mol. The van der Waals surface area contributed by atoms with Gasteiger partial charge in [0.15, 0.2) is 5.13 Å². The summed E-state index contributed by atoms with van der Waals surface area (Å²) in [6.45, 7) is 9.94. The third kappa shape index (κ3) is 4.32. The van der Waals surface area contributed by atoms with Crippen molar-refractivity contribution in [2.45, 2.75) is 52.5 Å². The van der Waals surface area contributed by atoms with Gasteiger partial charge in [-0.05, 0) is 52.2 Å². The molecule has 1 atom stereocenters. The van der Waals surface area contributed by atoms with Crippen molar-refractivity contribution >= 4 is 22.5 Å². The first-order valence-electron chi connectivity index (χ1n) is 7.84. The van der Waals surface area contributed by atoms with E-state index in [2.05, 4.69) is 43.1 Å². The highest BCUT2D eigenvalue weighted by Gasteiger charge is 2.15. The molecule has 0 amide bonds. The lowest BCUT2D eigenvalue weighted by molar-refractivity contribution is 0.576. The molecule has 20 heavy (non-hydrogen) atoms. The zero-order chi connectivity index (χ0) is 14.4. The van der Waals surface area contributed by atoms with Gasteiger partial charge in [-0.15, -0.1) is 0 Å². The zero-order valence-corrected chi connectivity index (χ0v) is 13.8. The average molecular weight is 293 g/mol. The standard InChI is InChI=1S/C16H27N3S/c1-4-10-17-13(2)8-9-15-14(3)18-16(20-15)19-11-6-5-7-12-19/h8-9,13,17H,4-7,10-12H2,1-3H3/b9-8+. The zero-order valence-electron chi connectivity index (χ0n) is 13.0. The average Bonchev–Trinajstić information content (AvgIpc) is 2.85. The quantitative estimate of drug-likeness (QED) is 0.863. The van der Waals surface area contributed by atoms with Crippen molar-refractivity contribution in [1.29, 1.82) is 0 Å². The summed E-state index contributed by atoms with van der Waals surface area (Å²) >= 11 is 1.83. The van der Waals surface area contributed by atoms with E-state index in [0.29, 0.717) is 6.04 Å². The van der Waals surface area contributed by atoms with Crippen molar-refractivity contribution in [2.75, 3.05) is 24.5 Å². The molecule has 0 aromatic carbocycles. The molecule has 1 unspecified atom stereocenters. The Hall–Kier alpha value is -0.870. The van der Waals surface area contributed by atoms with Crippen LogP contribution in [0.15, 0.2) is 6.08 Å². The molecule has 0 aliphatic carbocycles. The summed E-state index contributed by atoms with van der Waals surface area (Å²) in [4.78, 5) is 8.49. The van der Waals surface area contributed by atoms with Crippen LogP contribution in [0.4, 0.5) is 5.13 Å². The molecule has 1 saturated heterocycles. The van der Waals surface area contributed by atoms with Crippen molar-refractivity contribution in [3.05, 3.63) is 16.6 Å². The van der Waals surface area contributed by atoms with Crippen LogP contribution in [0.2, 0.25) is 0 Å². The Morgan fingerprint density at radius 2 is 2.10 bits per heavy atom. The Kier molecular flexibility index (Phi) is 6.05. The summed E-state index contributed by atoms with van der Waals surface area (Å²) in [7, 11) is 0. The molecule has 1 fully saturated rings. The van der Waals surface area contributed by atoms with E-state index in [1.54, 1.807) is 0 Å². The largest absolute Gasteiger partial charge is 0.348 e. The van der Waals surface area contributed by atoms with E-state index in [9.17, 15) is 0 Å². The van der Waals surface area contributed by atoms with Crippen LogP contribution < -0.4 is 10.2 Å². The first kappa shape index (κ1) is 15.5. The lowest BCUT2D eigenvalue weighted by atomic mass is 10.1. The van der Waals surface area contributed by atoms with Crippen molar-refractivity contribution in [3.8, 4) is 0 Å². The second-order valence-corrected chi connectivity index (χ2v) is 6.60. The Morgan fingerprint density at radius 3 is 2.80 bits per heavy atom. The minimum absolute atomic E-state index is 0.426. The van der Waals surface area contributed by atoms with Gasteiger partial charge in [0, 0.05) is 19.1 Å². The normalized spacial score (nSPS) is 17.9. The van der Waals surface area contributed by atoms with Crippen LogP contribution >= 0.6 is 11.3 Å². The van der Waals surface area contributed by atoms with E-state index >= 15 is 0 Å². The highest BCUT2D eigenvalue weighted by molar-refractivity contribution is 7.16. The number of aromatic nitrogens is 1. The molecule has 3 nitrogen and oxygen atoms in total. The molecule has 1 N–H and O–H groups in total. The van der Waals surface area contributed by atoms with Gasteiger partial charge in [-0.3, -0.25) is 0 Å². The molecule has 0 saturated carbocycles. The highest BCUT2D eigenvalue weighted by atomic mass is 32.1. The minimum Gasteiger partial charge on any atom is -0.348 e. The third-order valence-corrected chi connectivity index (χ3v) is 4.88. The maximum Gasteiger partial charge on any atom is 0.186 e. The second kappa shape index (κ2) is 7.79. The van der Waals surface area contributed by atoms with Gasteiger partial charge in [0.05, 0.1) is 10.6 Å². The predicted octanol–water partition coefficient (Wildman–Crippen LogP) is 3.84. The van der Waals surface area contributed by atoms with E-state index < -0.39 is 0 Å². The molecule has 0 radical (unpaired) electrons. The number of thiazole rings is 1. The maximum absolute atomic E-state index is 4.75. The first-order chi connectivity index (χ1) is 9.70. The SMILES string of the molecule is CCCNC(C)/C=C/c1sc(N2CCCCC2)nc1C. The Labute approximate surface area is 127 Å². The van der Waals surface area contributed by atoms with Crippen LogP contribution in [0.1, 0.15) is 50.1 Å². The number of anilines is 1. The molecular formula is C16H27N3S. The van der Waals surface area contributed by atoms with Gasteiger partial charge in [0.2, 0.25) is 0 Å². The number of aryl methyl sites for hydroxylation is 1. The van der Waals surface area contributed by atoms with Crippen molar-refractivity contribution < 1.29 is 0 Å². The highest BCUT2D eigenvalue weighted by Crippen LogP contribution is 2.29.